The van der Waals surface area contributed by atoms with Gasteiger partial charge in [-0.25, -0.2) is 0 Å². The first kappa shape index (κ1) is 13.6. The Morgan fingerprint density at radius 3 is 2.42 bits per heavy atom. The van der Waals surface area contributed by atoms with Crippen LogP contribution in [0.3, 0.4) is 0 Å². The second-order valence-electron chi connectivity index (χ2n) is 5.07. The van der Waals surface area contributed by atoms with Gasteiger partial charge in [0.2, 0.25) is 5.91 Å². The van der Waals surface area contributed by atoms with E-state index in [0.29, 0.717) is 24.7 Å². The second-order valence-corrected chi connectivity index (χ2v) is 5.07. The molecule has 1 aromatic carbocycles. The zero-order chi connectivity index (χ0) is 13.8. The smallest absolute Gasteiger partial charge is 0.251 e. The van der Waals surface area contributed by atoms with Gasteiger partial charge in [0.15, 0.2) is 0 Å². The van der Waals surface area contributed by atoms with Crippen LogP contribution in [0.25, 0.3) is 0 Å². The van der Waals surface area contributed by atoms with Crippen LogP contribution in [0.4, 0.5) is 0 Å². The summed E-state index contributed by atoms with van der Waals surface area (Å²) in [5.74, 6) is 0.00591. The van der Waals surface area contributed by atoms with Crippen molar-refractivity contribution in [1.82, 2.24) is 10.2 Å². The van der Waals surface area contributed by atoms with Crippen molar-refractivity contribution in [2.75, 3.05) is 13.1 Å². The standard InChI is InChI=1S/C15H20N2O2/c1-11-3-5-13(6-4-11)15(19)16-9-10-17(12(2)18)14-7-8-14/h3-6,14H,7-10H2,1-2H3,(H,16,19). The summed E-state index contributed by atoms with van der Waals surface area (Å²) in [5, 5.41) is 2.85. The Bertz CT molecular complexity index is 464. The number of nitrogens with zero attached hydrogens (tertiary/aromatic N) is 1. The number of hydrogen-bond donors (Lipinski definition) is 1. The maximum atomic E-state index is 11.9. The summed E-state index contributed by atoms with van der Waals surface area (Å²) in [6, 6.07) is 7.86. The normalized spacial score (nSPS) is 14.0. The molecule has 4 heteroatoms. The highest BCUT2D eigenvalue weighted by Crippen LogP contribution is 2.26. The quantitative estimate of drug-likeness (QED) is 0.876. The molecule has 0 unspecified atom stereocenters. The Balaban J connectivity index is 1.80. The van der Waals surface area contributed by atoms with Crippen molar-refractivity contribution in [3.8, 4) is 0 Å². The molecule has 19 heavy (non-hydrogen) atoms. The van der Waals surface area contributed by atoms with Crippen molar-refractivity contribution in [3.63, 3.8) is 0 Å². The third-order valence-corrected chi connectivity index (χ3v) is 3.34. The molecule has 1 N–H and O–H groups in total. The molecule has 0 aromatic heterocycles. The molecule has 0 spiro atoms. The van der Waals surface area contributed by atoms with Crippen LogP contribution in [-0.2, 0) is 4.79 Å². The highest BCUT2D eigenvalue weighted by atomic mass is 16.2. The van der Waals surface area contributed by atoms with E-state index < -0.39 is 0 Å². The summed E-state index contributed by atoms with van der Waals surface area (Å²) >= 11 is 0. The topological polar surface area (TPSA) is 49.4 Å². The van der Waals surface area contributed by atoms with Crippen molar-refractivity contribution in [2.45, 2.75) is 32.7 Å². The van der Waals surface area contributed by atoms with E-state index in [9.17, 15) is 9.59 Å². The Labute approximate surface area is 113 Å². The van der Waals surface area contributed by atoms with E-state index in [2.05, 4.69) is 5.32 Å². The number of nitrogens with one attached hydrogen (secondary N) is 1. The maximum Gasteiger partial charge on any atom is 0.251 e. The number of rotatable bonds is 5. The average molecular weight is 260 g/mol. The summed E-state index contributed by atoms with van der Waals surface area (Å²) in [7, 11) is 0. The van der Waals surface area contributed by atoms with E-state index in [4.69, 9.17) is 0 Å². The Morgan fingerprint density at radius 2 is 1.89 bits per heavy atom. The fraction of sp³-hybridized carbons (Fsp3) is 0.467. The van der Waals surface area contributed by atoms with Gasteiger partial charge in [-0.05, 0) is 31.9 Å². The summed E-state index contributed by atoms with van der Waals surface area (Å²) in [6.45, 7) is 4.67. The number of amides is 2. The first-order valence-electron chi connectivity index (χ1n) is 6.70. The molecule has 1 aliphatic carbocycles. The van der Waals surface area contributed by atoms with Crippen LogP contribution in [0.2, 0.25) is 0 Å². The number of hydrogen-bond acceptors (Lipinski definition) is 2. The van der Waals surface area contributed by atoms with Gasteiger partial charge in [0, 0.05) is 31.6 Å². The van der Waals surface area contributed by atoms with Gasteiger partial charge in [-0.2, -0.15) is 0 Å². The molecule has 1 fully saturated rings. The first-order valence-corrected chi connectivity index (χ1v) is 6.70. The van der Waals surface area contributed by atoms with Crippen molar-refractivity contribution < 1.29 is 9.59 Å². The minimum atomic E-state index is -0.0840. The first-order chi connectivity index (χ1) is 9.08. The van der Waals surface area contributed by atoms with Crippen LogP contribution in [0.5, 0.6) is 0 Å². The minimum Gasteiger partial charge on any atom is -0.350 e. The maximum absolute atomic E-state index is 11.9. The molecule has 1 aromatic rings. The average Bonchev–Trinajstić information content (AvgIpc) is 3.19. The van der Waals surface area contributed by atoms with Crippen molar-refractivity contribution in [1.29, 1.82) is 0 Å². The van der Waals surface area contributed by atoms with Crippen molar-refractivity contribution in [3.05, 3.63) is 35.4 Å². The van der Waals surface area contributed by atoms with E-state index in [1.807, 2.05) is 36.1 Å². The molecular formula is C15H20N2O2. The number of aryl methyl sites for hydroxylation is 1. The molecule has 2 rings (SSSR count). The lowest BCUT2D eigenvalue weighted by Crippen LogP contribution is -2.38. The Morgan fingerprint density at radius 1 is 1.26 bits per heavy atom. The van der Waals surface area contributed by atoms with Crippen molar-refractivity contribution >= 4 is 11.8 Å². The van der Waals surface area contributed by atoms with Gasteiger partial charge in [-0.15, -0.1) is 0 Å². The lowest BCUT2D eigenvalue weighted by Gasteiger charge is -2.20. The van der Waals surface area contributed by atoms with Crippen LogP contribution >= 0.6 is 0 Å². The van der Waals surface area contributed by atoms with Gasteiger partial charge < -0.3 is 10.2 Å². The van der Waals surface area contributed by atoms with E-state index >= 15 is 0 Å². The van der Waals surface area contributed by atoms with E-state index in [0.717, 1.165) is 18.4 Å². The number of benzene rings is 1. The molecule has 0 saturated heterocycles. The summed E-state index contributed by atoms with van der Waals surface area (Å²) in [6.07, 6.45) is 2.18. The molecule has 0 heterocycles. The van der Waals surface area contributed by atoms with E-state index in [-0.39, 0.29) is 11.8 Å². The molecule has 1 saturated carbocycles. The van der Waals surface area contributed by atoms with Gasteiger partial charge in [0.1, 0.15) is 0 Å². The van der Waals surface area contributed by atoms with E-state index in [1.165, 1.54) is 0 Å². The zero-order valence-electron chi connectivity index (χ0n) is 11.5. The molecule has 4 nitrogen and oxygen atoms in total. The lowest BCUT2D eigenvalue weighted by molar-refractivity contribution is -0.129. The Hall–Kier alpha value is -1.84. The van der Waals surface area contributed by atoms with Gasteiger partial charge in [0.25, 0.3) is 5.91 Å². The van der Waals surface area contributed by atoms with Crippen LogP contribution in [-0.4, -0.2) is 35.8 Å². The fourth-order valence-electron chi connectivity index (χ4n) is 2.08. The predicted octanol–water partition coefficient (Wildman–Crippen LogP) is 1.74. The third kappa shape index (κ3) is 3.81. The molecule has 2 amide bonds. The lowest BCUT2D eigenvalue weighted by atomic mass is 10.1. The van der Waals surface area contributed by atoms with Crippen LogP contribution in [0.1, 0.15) is 35.7 Å². The van der Waals surface area contributed by atoms with Gasteiger partial charge in [0.05, 0.1) is 0 Å². The molecule has 0 aliphatic heterocycles. The van der Waals surface area contributed by atoms with Crippen LogP contribution < -0.4 is 5.32 Å². The number of carbonyl (C=O) groups excluding carboxylic acids is 2. The molecule has 1 aliphatic rings. The highest BCUT2D eigenvalue weighted by molar-refractivity contribution is 5.94. The minimum absolute atomic E-state index is 0.0840. The van der Waals surface area contributed by atoms with Crippen LogP contribution in [0, 0.1) is 6.92 Å². The van der Waals surface area contributed by atoms with Gasteiger partial charge in [-0.1, -0.05) is 17.7 Å². The zero-order valence-corrected chi connectivity index (χ0v) is 11.5. The molecule has 0 bridgehead atoms. The second kappa shape index (κ2) is 5.87. The SMILES string of the molecule is CC(=O)N(CCNC(=O)c1ccc(C)cc1)C1CC1. The monoisotopic (exact) mass is 260 g/mol. The third-order valence-electron chi connectivity index (χ3n) is 3.34. The molecular weight excluding hydrogens is 240 g/mol. The molecule has 102 valence electrons. The number of carbonyl (C=O) groups is 2. The summed E-state index contributed by atoms with van der Waals surface area (Å²) < 4.78 is 0. The van der Waals surface area contributed by atoms with Crippen LogP contribution in [0.15, 0.2) is 24.3 Å². The fourth-order valence-corrected chi connectivity index (χ4v) is 2.08. The Kier molecular flexibility index (Phi) is 4.20. The molecule has 0 radical (unpaired) electrons. The highest BCUT2D eigenvalue weighted by Gasteiger charge is 2.30. The van der Waals surface area contributed by atoms with Gasteiger partial charge >= 0.3 is 0 Å². The van der Waals surface area contributed by atoms with Gasteiger partial charge in [-0.3, -0.25) is 9.59 Å². The largest absolute Gasteiger partial charge is 0.350 e. The summed E-state index contributed by atoms with van der Waals surface area (Å²) in [4.78, 5) is 25.1. The summed E-state index contributed by atoms with van der Waals surface area (Å²) in [5.41, 5.74) is 1.79. The predicted molar refractivity (Wildman–Crippen MR) is 73.9 cm³/mol. The van der Waals surface area contributed by atoms with Crippen molar-refractivity contribution in [2.24, 2.45) is 0 Å². The molecule has 0 atom stereocenters. The van der Waals surface area contributed by atoms with E-state index in [1.54, 1.807) is 6.92 Å².